The predicted molar refractivity (Wildman–Crippen MR) is 225 cm³/mol. The van der Waals surface area contributed by atoms with Crippen LogP contribution >= 0.6 is 0 Å². The molecule has 1 aromatic carbocycles. The van der Waals surface area contributed by atoms with Crippen LogP contribution in [0.4, 0.5) is 4.79 Å². The molecule has 1 saturated carbocycles. The van der Waals surface area contributed by atoms with Crippen LogP contribution in [0.1, 0.15) is 106 Å². The van der Waals surface area contributed by atoms with Gasteiger partial charge in [-0.25, -0.2) is 4.79 Å². The molecule has 5 amide bonds. The second-order valence-electron chi connectivity index (χ2n) is 18.5. The number of aliphatic hydroxyl groups is 1. The highest BCUT2D eigenvalue weighted by atomic mass is 16.6. The highest BCUT2D eigenvalue weighted by Crippen LogP contribution is 2.43. The number of piperidine rings is 1. The summed E-state index contributed by atoms with van der Waals surface area (Å²) < 4.78 is 17.7. The van der Waals surface area contributed by atoms with Crippen molar-refractivity contribution in [3.63, 3.8) is 0 Å². The smallest absolute Gasteiger partial charge is 0.411 e. The van der Waals surface area contributed by atoms with Gasteiger partial charge in [-0.2, -0.15) is 0 Å². The number of aliphatic hydroxyl groups excluding tert-OH is 1. The molecule has 3 aliphatic rings. The normalized spacial score (nSPS) is 23.9. The molecule has 2 saturated heterocycles. The molecule has 2 bridgehead atoms. The average Bonchev–Trinajstić information content (AvgIpc) is 3.96. The maximum absolute atomic E-state index is 14.5. The van der Waals surface area contributed by atoms with Gasteiger partial charge in [0.05, 0.1) is 49.3 Å². The lowest BCUT2D eigenvalue weighted by Gasteiger charge is -2.41. The number of methoxy groups -OCH3 is 2. The molecular weight excluding hydrogens is 755 g/mol. The van der Waals surface area contributed by atoms with Crippen LogP contribution in [-0.4, -0.2) is 138 Å². The fourth-order valence-electron chi connectivity index (χ4n) is 9.57. The molecule has 0 radical (unpaired) electrons. The molecule has 2 heterocycles. The van der Waals surface area contributed by atoms with Gasteiger partial charge in [0.1, 0.15) is 17.7 Å². The van der Waals surface area contributed by atoms with Crippen molar-refractivity contribution in [3.05, 3.63) is 35.9 Å². The lowest BCUT2D eigenvalue weighted by atomic mass is 9.89. The Balaban J connectivity index is 1.47. The number of carbonyl (C=O) groups is 5. The molecule has 11 atom stereocenters. The van der Waals surface area contributed by atoms with Gasteiger partial charge in [-0.3, -0.25) is 24.1 Å². The van der Waals surface area contributed by atoms with E-state index in [1.165, 1.54) is 0 Å². The standard InChI is InChI=1S/C45H73N5O9/c1-12-28(4)38(48(9)43(55)37(27(2)3)47-42(54)39-31-20-21-33(24-31)50(39)44(56)59-45(6,7)8)35(57-10)25-36(52)49-22-16-19-34(49)40(58-11)29(5)41(53)46-32(26-51)23-30-17-14-13-15-18-30/h13-15,17-18,27-29,31-35,37-40,51H,12,16,19-26H2,1-11H3,(H,46,53)(H,47,54)/t28?,29?,31-,32?,33+,34-,35?,37?,38?,39-,40?/m0/s1. The molecule has 3 fully saturated rings. The number of amides is 5. The summed E-state index contributed by atoms with van der Waals surface area (Å²) in [5, 5.41) is 16.1. The molecule has 7 unspecified atom stereocenters. The van der Waals surface area contributed by atoms with Crippen molar-refractivity contribution in [1.29, 1.82) is 0 Å². The molecule has 0 aromatic heterocycles. The highest BCUT2D eigenvalue weighted by molar-refractivity contribution is 5.92. The maximum atomic E-state index is 14.5. The molecule has 14 nitrogen and oxygen atoms in total. The Morgan fingerprint density at radius 2 is 1.64 bits per heavy atom. The molecule has 0 spiro atoms. The number of carbonyl (C=O) groups excluding carboxylic acids is 5. The number of rotatable bonds is 19. The summed E-state index contributed by atoms with van der Waals surface area (Å²) in [7, 11) is 4.81. The van der Waals surface area contributed by atoms with Crippen molar-refractivity contribution in [1.82, 2.24) is 25.3 Å². The first-order valence-corrected chi connectivity index (χ1v) is 21.8. The first-order chi connectivity index (χ1) is 27.9. The number of ether oxygens (including phenoxy) is 3. The van der Waals surface area contributed by atoms with E-state index in [0.717, 1.165) is 31.2 Å². The Bertz CT molecular complexity index is 1570. The zero-order chi connectivity index (χ0) is 43.8. The number of likely N-dealkylation sites (tertiary alicyclic amines) is 2. The molecule has 14 heteroatoms. The van der Waals surface area contributed by atoms with E-state index in [1.807, 2.05) is 58.0 Å². The summed E-state index contributed by atoms with van der Waals surface area (Å²) in [6.07, 6.45) is 3.17. The number of hydrogen-bond donors (Lipinski definition) is 3. The minimum absolute atomic E-state index is 0.00496. The number of fused-ring (bicyclic) bond motifs is 2. The van der Waals surface area contributed by atoms with Gasteiger partial charge in [-0.1, -0.05) is 71.4 Å². The minimum atomic E-state index is -0.886. The van der Waals surface area contributed by atoms with Crippen LogP contribution in [-0.2, 0) is 39.8 Å². The van der Waals surface area contributed by atoms with Gasteiger partial charge in [0, 0.05) is 33.9 Å². The fraction of sp³-hybridized carbons (Fsp3) is 0.756. The van der Waals surface area contributed by atoms with E-state index in [0.29, 0.717) is 25.8 Å². The Kier molecular flexibility index (Phi) is 17.2. The molecule has 59 heavy (non-hydrogen) atoms. The first kappa shape index (κ1) is 47.9. The lowest BCUT2D eigenvalue weighted by Crippen LogP contribution is -2.61. The molecule has 2 aliphatic heterocycles. The Hall–Kier alpha value is -3.75. The molecule has 1 aromatic rings. The number of likely N-dealkylation sites (N-methyl/N-ethyl adjacent to an activating group) is 1. The van der Waals surface area contributed by atoms with Crippen LogP contribution in [0.25, 0.3) is 0 Å². The molecular formula is C45H73N5O9. The van der Waals surface area contributed by atoms with Crippen molar-refractivity contribution in [2.75, 3.05) is 34.4 Å². The Labute approximate surface area is 352 Å². The molecule has 1 aliphatic carbocycles. The summed E-state index contributed by atoms with van der Waals surface area (Å²) in [5.41, 5.74) is 0.283. The van der Waals surface area contributed by atoms with Crippen LogP contribution in [0.3, 0.4) is 0 Å². The summed E-state index contributed by atoms with van der Waals surface area (Å²) in [6.45, 7) is 15.3. The van der Waals surface area contributed by atoms with Gasteiger partial charge in [0.15, 0.2) is 0 Å². The number of benzene rings is 1. The number of nitrogens with zero attached hydrogens (tertiary/aromatic N) is 3. The third-order valence-electron chi connectivity index (χ3n) is 12.8. The van der Waals surface area contributed by atoms with E-state index in [1.54, 1.807) is 63.7 Å². The Morgan fingerprint density at radius 1 is 0.966 bits per heavy atom. The van der Waals surface area contributed by atoms with E-state index in [9.17, 15) is 29.1 Å². The van der Waals surface area contributed by atoms with Crippen molar-refractivity contribution in [3.8, 4) is 0 Å². The summed E-state index contributed by atoms with van der Waals surface area (Å²) in [5.74, 6) is -2.05. The van der Waals surface area contributed by atoms with E-state index in [2.05, 4.69) is 10.6 Å². The van der Waals surface area contributed by atoms with Crippen LogP contribution in [0, 0.1) is 23.7 Å². The molecule has 3 N–H and O–H groups in total. The van der Waals surface area contributed by atoms with Gasteiger partial charge < -0.3 is 39.8 Å². The zero-order valence-electron chi connectivity index (χ0n) is 37.4. The summed E-state index contributed by atoms with van der Waals surface area (Å²) in [4.78, 5) is 74.8. The Morgan fingerprint density at radius 3 is 2.22 bits per heavy atom. The first-order valence-electron chi connectivity index (χ1n) is 21.8. The summed E-state index contributed by atoms with van der Waals surface area (Å²) in [6, 6.07) is 6.63. The second kappa shape index (κ2) is 21.2. The summed E-state index contributed by atoms with van der Waals surface area (Å²) >= 11 is 0. The van der Waals surface area contributed by atoms with Crippen LogP contribution in [0.15, 0.2) is 30.3 Å². The predicted octanol–water partition coefficient (Wildman–Crippen LogP) is 4.56. The van der Waals surface area contributed by atoms with E-state index in [4.69, 9.17) is 14.2 Å². The van der Waals surface area contributed by atoms with Gasteiger partial charge in [-0.05, 0) is 82.6 Å². The van der Waals surface area contributed by atoms with Crippen LogP contribution < -0.4 is 10.6 Å². The highest BCUT2D eigenvalue weighted by Gasteiger charge is 2.53. The van der Waals surface area contributed by atoms with Crippen molar-refractivity contribution in [2.24, 2.45) is 23.7 Å². The fourth-order valence-corrected chi connectivity index (χ4v) is 9.57. The largest absolute Gasteiger partial charge is 0.444 e. The van der Waals surface area contributed by atoms with Gasteiger partial charge >= 0.3 is 6.09 Å². The van der Waals surface area contributed by atoms with E-state index in [-0.39, 0.29) is 66.5 Å². The van der Waals surface area contributed by atoms with Crippen LogP contribution in [0.2, 0.25) is 0 Å². The lowest BCUT2D eigenvalue weighted by molar-refractivity contribution is -0.148. The minimum Gasteiger partial charge on any atom is -0.444 e. The topological polar surface area (TPSA) is 167 Å². The third kappa shape index (κ3) is 11.8. The van der Waals surface area contributed by atoms with Crippen LogP contribution in [0.5, 0.6) is 0 Å². The second-order valence-corrected chi connectivity index (χ2v) is 18.5. The van der Waals surface area contributed by atoms with E-state index < -0.39 is 54.0 Å². The number of nitrogens with one attached hydrogen (secondary N) is 2. The van der Waals surface area contributed by atoms with Gasteiger partial charge in [-0.15, -0.1) is 0 Å². The quantitative estimate of drug-likeness (QED) is 0.181. The van der Waals surface area contributed by atoms with E-state index >= 15 is 0 Å². The van der Waals surface area contributed by atoms with Gasteiger partial charge in [0.25, 0.3) is 0 Å². The molecule has 332 valence electrons. The zero-order valence-corrected chi connectivity index (χ0v) is 37.4. The molecule has 4 rings (SSSR count). The average molecular weight is 828 g/mol. The number of hydrogen-bond acceptors (Lipinski definition) is 9. The van der Waals surface area contributed by atoms with Crippen molar-refractivity contribution < 1.29 is 43.3 Å². The van der Waals surface area contributed by atoms with Crippen molar-refractivity contribution in [2.45, 2.75) is 161 Å². The van der Waals surface area contributed by atoms with Crippen molar-refractivity contribution >= 4 is 29.7 Å². The monoisotopic (exact) mass is 828 g/mol. The third-order valence-corrected chi connectivity index (χ3v) is 12.8. The van der Waals surface area contributed by atoms with Gasteiger partial charge in [0.2, 0.25) is 23.6 Å². The SMILES string of the molecule is CCC(C)C(C(CC(=O)N1CCC[C@H]1C(OC)C(C)C(=O)NC(CO)Cc1ccccc1)OC)N(C)C(=O)C(NC(=O)[C@@H]1[C@H]2CC[C@H](C2)N1C(=O)OC(C)(C)C)C(C)C. The maximum Gasteiger partial charge on any atom is 0.411 e.